The summed E-state index contributed by atoms with van der Waals surface area (Å²) in [6.45, 7) is 4.90. The van der Waals surface area contributed by atoms with Gasteiger partial charge in [-0.1, -0.05) is 0 Å². The Labute approximate surface area is 110 Å². The van der Waals surface area contributed by atoms with Gasteiger partial charge in [-0.05, 0) is 19.9 Å². The molecule has 6 nitrogen and oxygen atoms in total. The number of morpholine rings is 1. The van der Waals surface area contributed by atoms with Crippen molar-refractivity contribution in [1.29, 1.82) is 0 Å². The Morgan fingerprint density at radius 2 is 1.89 bits per heavy atom. The number of hydrogen-bond donors (Lipinski definition) is 1. The van der Waals surface area contributed by atoms with E-state index in [4.69, 9.17) is 4.74 Å². The molecule has 0 atom stereocenters. The summed E-state index contributed by atoms with van der Waals surface area (Å²) in [5.74, 6) is -0.531. The standard InChI is InChI=1S/C13H16N2O4/c1-8-10(9(2)16)7-11(12(17)14-8)13(18)15-3-5-19-6-4-15/h7H,3-6H2,1-2H3,(H,14,17). The molecule has 1 aromatic heterocycles. The Hall–Kier alpha value is -1.95. The number of carbonyl (C=O) groups excluding carboxylic acids is 2. The second-order valence-corrected chi connectivity index (χ2v) is 4.51. The van der Waals surface area contributed by atoms with Crippen molar-refractivity contribution >= 4 is 11.7 Å². The molecular formula is C13H16N2O4. The normalized spacial score (nSPS) is 15.4. The number of ketones is 1. The maximum atomic E-state index is 12.2. The van der Waals surface area contributed by atoms with E-state index < -0.39 is 5.56 Å². The van der Waals surface area contributed by atoms with Gasteiger partial charge in [0.15, 0.2) is 5.78 Å². The van der Waals surface area contributed by atoms with Crippen LogP contribution < -0.4 is 5.56 Å². The number of aromatic nitrogens is 1. The number of pyridine rings is 1. The Morgan fingerprint density at radius 1 is 1.26 bits per heavy atom. The zero-order valence-corrected chi connectivity index (χ0v) is 11.0. The van der Waals surface area contributed by atoms with Gasteiger partial charge in [0.2, 0.25) is 0 Å². The van der Waals surface area contributed by atoms with Crippen LogP contribution in [0.3, 0.4) is 0 Å². The molecular weight excluding hydrogens is 248 g/mol. The molecule has 19 heavy (non-hydrogen) atoms. The molecule has 1 aliphatic rings. The Bertz CT molecular complexity index is 570. The summed E-state index contributed by atoms with van der Waals surface area (Å²) in [6.07, 6.45) is 0. The van der Waals surface area contributed by atoms with E-state index in [2.05, 4.69) is 4.98 Å². The first-order valence-corrected chi connectivity index (χ1v) is 6.12. The summed E-state index contributed by atoms with van der Waals surface area (Å²) in [5.41, 5.74) is 0.406. The minimum absolute atomic E-state index is 0.0118. The number of ether oxygens (including phenoxy) is 1. The molecule has 2 heterocycles. The zero-order chi connectivity index (χ0) is 14.0. The van der Waals surface area contributed by atoms with Gasteiger partial charge in [0.25, 0.3) is 11.5 Å². The third-order valence-electron chi connectivity index (χ3n) is 3.15. The van der Waals surface area contributed by atoms with E-state index in [1.54, 1.807) is 11.8 Å². The van der Waals surface area contributed by atoms with E-state index in [-0.39, 0.29) is 17.3 Å². The summed E-state index contributed by atoms with van der Waals surface area (Å²) >= 11 is 0. The average molecular weight is 264 g/mol. The number of H-pyrrole nitrogens is 1. The molecule has 0 unspecified atom stereocenters. The number of nitrogens with one attached hydrogen (secondary N) is 1. The van der Waals surface area contributed by atoms with Crippen LogP contribution >= 0.6 is 0 Å². The number of amides is 1. The molecule has 0 bridgehead atoms. The van der Waals surface area contributed by atoms with E-state index >= 15 is 0 Å². The second-order valence-electron chi connectivity index (χ2n) is 4.51. The van der Waals surface area contributed by atoms with Crippen molar-refractivity contribution in [3.05, 3.63) is 33.2 Å². The quantitative estimate of drug-likeness (QED) is 0.782. The molecule has 2 rings (SSSR count). The van der Waals surface area contributed by atoms with Crippen molar-refractivity contribution in [3.63, 3.8) is 0 Å². The smallest absolute Gasteiger partial charge is 0.261 e. The van der Waals surface area contributed by atoms with Gasteiger partial charge in [0.05, 0.1) is 13.2 Å². The summed E-state index contributed by atoms with van der Waals surface area (Å²) in [4.78, 5) is 39.7. The molecule has 1 amide bonds. The molecule has 0 aliphatic carbocycles. The molecule has 0 aromatic carbocycles. The van der Waals surface area contributed by atoms with Gasteiger partial charge in [-0.3, -0.25) is 14.4 Å². The Kier molecular flexibility index (Phi) is 3.80. The maximum Gasteiger partial charge on any atom is 0.261 e. The first-order chi connectivity index (χ1) is 9.00. The fourth-order valence-corrected chi connectivity index (χ4v) is 2.08. The van der Waals surface area contributed by atoms with Crippen molar-refractivity contribution in [1.82, 2.24) is 9.88 Å². The minimum Gasteiger partial charge on any atom is -0.378 e. The number of rotatable bonds is 2. The van der Waals surface area contributed by atoms with Crippen molar-refractivity contribution < 1.29 is 14.3 Å². The van der Waals surface area contributed by atoms with Gasteiger partial charge in [0, 0.05) is 24.3 Å². The molecule has 102 valence electrons. The van der Waals surface area contributed by atoms with Crippen LogP contribution in [0.15, 0.2) is 10.9 Å². The highest BCUT2D eigenvalue weighted by molar-refractivity contribution is 5.99. The predicted octanol–water partition coefficient (Wildman–Crippen LogP) is 0.358. The molecule has 1 N–H and O–H groups in total. The van der Waals surface area contributed by atoms with Crippen LogP contribution in [0, 0.1) is 6.92 Å². The van der Waals surface area contributed by atoms with E-state index in [9.17, 15) is 14.4 Å². The molecule has 0 radical (unpaired) electrons. The van der Waals surface area contributed by atoms with E-state index in [0.29, 0.717) is 37.6 Å². The first kappa shape index (κ1) is 13.5. The van der Waals surface area contributed by atoms with Crippen LogP contribution in [0.4, 0.5) is 0 Å². The van der Waals surface area contributed by atoms with Crippen LogP contribution in [-0.2, 0) is 4.74 Å². The van der Waals surface area contributed by atoms with Crippen LogP contribution in [-0.4, -0.2) is 47.9 Å². The third kappa shape index (κ3) is 2.73. The number of carbonyl (C=O) groups is 2. The van der Waals surface area contributed by atoms with Crippen LogP contribution in [0.25, 0.3) is 0 Å². The summed E-state index contributed by atoms with van der Waals surface area (Å²) in [6, 6.07) is 1.38. The molecule has 1 aliphatic heterocycles. The maximum absolute atomic E-state index is 12.2. The number of aromatic amines is 1. The number of hydrogen-bond acceptors (Lipinski definition) is 4. The molecule has 1 saturated heterocycles. The van der Waals surface area contributed by atoms with Crippen molar-refractivity contribution in [2.24, 2.45) is 0 Å². The van der Waals surface area contributed by atoms with Gasteiger partial charge < -0.3 is 14.6 Å². The molecule has 1 aromatic rings. The van der Waals surface area contributed by atoms with Crippen LogP contribution in [0.2, 0.25) is 0 Å². The fourth-order valence-electron chi connectivity index (χ4n) is 2.08. The highest BCUT2D eigenvalue weighted by Gasteiger charge is 2.22. The van der Waals surface area contributed by atoms with E-state index in [1.165, 1.54) is 13.0 Å². The number of aryl methyl sites for hydroxylation is 1. The Balaban J connectivity index is 2.38. The first-order valence-electron chi connectivity index (χ1n) is 6.12. The highest BCUT2D eigenvalue weighted by Crippen LogP contribution is 2.09. The molecule has 0 saturated carbocycles. The van der Waals surface area contributed by atoms with Crippen LogP contribution in [0.5, 0.6) is 0 Å². The summed E-state index contributed by atoms with van der Waals surface area (Å²) in [7, 11) is 0. The number of Topliss-reactive ketones (excluding diaryl/α,β-unsaturated/α-hetero) is 1. The van der Waals surface area contributed by atoms with Gasteiger partial charge in [-0.15, -0.1) is 0 Å². The number of nitrogens with zero attached hydrogens (tertiary/aromatic N) is 1. The predicted molar refractivity (Wildman–Crippen MR) is 68.5 cm³/mol. The molecule has 0 spiro atoms. The topological polar surface area (TPSA) is 79.5 Å². The summed E-state index contributed by atoms with van der Waals surface area (Å²) < 4.78 is 5.16. The van der Waals surface area contributed by atoms with Crippen LogP contribution in [0.1, 0.15) is 33.3 Å². The van der Waals surface area contributed by atoms with Crippen molar-refractivity contribution in [2.45, 2.75) is 13.8 Å². The SMILES string of the molecule is CC(=O)c1cc(C(=O)N2CCOCC2)c(=O)[nH]c1C. The Morgan fingerprint density at radius 3 is 2.47 bits per heavy atom. The fraction of sp³-hybridized carbons (Fsp3) is 0.462. The highest BCUT2D eigenvalue weighted by atomic mass is 16.5. The zero-order valence-electron chi connectivity index (χ0n) is 11.0. The lowest BCUT2D eigenvalue weighted by atomic mass is 10.1. The average Bonchev–Trinajstić information content (AvgIpc) is 2.38. The van der Waals surface area contributed by atoms with Gasteiger partial charge in [0.1, 0.15) is 5.56 Å². The molecule has 6 heteroatoms. The lowest BCUT2D eigenvalue weighted by Gasteiger charge is -2.26. The molecule has 1 fully saturated rings. The lowest BCUT2D eigenvalue weighted by Crippen LogP contribution is -2.42. The van der Waals surface area contributed by atoms with E-state index in [0.717, 1.165) is 0 Å². The van der Waals surface area contributed by atoms with Gasteiger partial charge in [-0.25, -0.2) is 0 Å². The van der Waals surface area contributed by atoms with E-state index in [1.807, 2.05) is 0 Å². The van der Waals surface area contributed by atoms with Gasteiger partial charge >= 0.3 is 0 Å². The monoisotopic (exact) mass is 264 g/mol. The van der Waals surface area contributed by atoms with Crippen molar-refractivity contribution in [2.75, 3.05) is 26.3 Å². The second kappa shape index (κ2) is 5.36. The van der Waals surface area contributed by atoms with Crippen molar-refractivity contribution in [3.8, 4) is 0 Å². The van der Waals surface area contributed by atoms with Gasteiger partial charge in [-0.2, -0.15) is 0 Å². The largest absolute Gasteiger partial charge is 0.378 e. The third-order valence-corrected chi connectivity index (χ3v) is 3.15. The lowest BCUT2D eigenvalue weighted by molar-refractivity contribution is 0.0301. The minimum atomic E-state index is -0.459. The summed E-state index contributed by atoms with van der Waals surface area (Å²) in [5, 5.41) is 0.